The number of hydrogen-bond donors (Lipinski definition) is 2. The van der Waals surface area contributed by atoms with Crippen molar-refractivity contribution >= 4 is 23.8 Å². The average Bonchev–Trinajstić information content (AvgIpc) is 3.59. The molecule has 3 atom stereocenters. The van der Waals surface area contributed by atoms with E-state index in [1.807, 2.05) is 79.4 Å². The van der Waals surface area contributed by atoms with Gasteiger partial charge >= 0.3 is 6.09 Å². The first kappa shape index (κ1) is 34.0. The maximum absolute atomic E-state index is 13.8. The fourth-order valence-corrected chi connectivity index (χ4v) is 6.15. The first-order chi connectivity index (χ1) is 21.6. The maximum Gasteiger partial charge on any atom is 0.408 e. The van der Waals surface area contributed by atoms with Crippen molar-refractivity contribution in [2.75, 3.05) is 32.8 Å². The lowest BCUT2D eigenvalue weighted by atomic mass is 10.0. The molecule has 0 aliphatic carbocycles. The van der Waals surface area contributed by atoms with Gasteiger partial charge in [-0.3, -0.25) is 19.3 Å². The highest BCUT2D eigenvalue weighted by molar-refractivity contribution is 5.89. The Balaban J connectivity index is 1.34. The molecule has 244 valence electrons. The van der Waals surface area contributed by atoms with Crippen molar-refractivity contribution in [3.63, 3.8) is 0 Å². The van der Waals surface area contributed by atoms with Gasteiger partial charge in [-0.1, -0.05) is 88.4 Å². The van der Waals surface area contributed by atoms with Gasteiger partial charge in [0.2, 0.25) is 17.7 Å². The number of benzene rings is 2. The van der Waals surface area contributed by atoms with E-state index in [4.69, 9.17) is 4.74 Å². The number of carbonyl (C=O) groups excluding carboxylic acids is 4. The van der Waals surface area contributed by atoms with Crippen LogP contribution in [0.5, 0.6) is 0 Å². The molecule has 2 aromatic carbocycles. The summed E-state index contributed by atoms with van der Waals surface area (Å²) in [4.78, 5) is 58.4. The minimum atomic E-state index is -0.725. The second-order valence-corrected chi connectivity index (χ2v) is 12.9. The van der Waals surface area contributed by atoms with Crippen LogP contribution in [-0.4, -0.2) is 89.5 Å². The predicted molar refractivity (Wildman–Crippen MR) is 173 cm³/mol. The van der Waals surface area contributed by atoms with Gasteiger partial charge in [0.25, 0.3) is 0 Å². The Hall–Kier alpha value is -3.92. The van der Waals surface area contributed by atoms with E-state index < -0.39 is 12.1 Å². The van der Waals surface area contributed by atoms with E-state index >= 15 is 0 Å². The van der Waals surface area contributed by atoms with Crippen LogP contribution in [0.15, 0.2) is 60.7 Å². The molecular formula is C35H49N5O5. The molecule has 4 amide bonds. The zero-order valence-corrected chi connectivity index (χ0v) is 27.1. The van der Waals surface area contributed by atoms with Crippen LogP contribution in [0.4, 0.5) is 4.79 Å². The fraction of sp³-hybridized carbons (Fsp3) is 0.543. The van der Waals surface area contributed by atoms with Crippen molar-refractivity contribution in [3.8, 4) is 0 Å². The smallest absolute Gasteiger partial charge is 0.408 e. The molecule has 0 unspecified atom stereocenters. The van der Waals surface area contributed by atoms with Gasteiger partial charge in [-0.2, -0.15) is 0 Å². The van der Waals surface area contributed by atoms with Crippen LogP contribution in [0.25, 0.3) is 0 Å². The number of ether oxygens (including phenoxy) is 1. The zero-order valence-electron chi connectivity index (χ0n) is 27.1. The molecule has 2 N–H and O–H groups in total. The van der Waals surface area contributed by atoms with Gasteiger partial charge in [0.15, 0.2) is 0 Å². The monoisotopic (exact) mass is 619 g/mol. The molecule has 2 fully saturated rings. The third kappa shape index (κ3) is 9.78. The molecule has 2 aliphatic rings. The summed E-state index contributed by atoms with van der Waals surface area (Å²) in [5, 5.41) is 5.75. The van der Waals surface area contributed by atoms with Crippen molar-refractivity contribution < 1.29 is 23.9 Å². The van der Waals surface area contributed by atoms with E-state index in [-0.39, 0.29) is 48.9 Å². The molecule has 0 spiro atoms. The van der Waals surface area contributed by atoms with Crippen molar-refractivity contribution in [2.45, 2.75) is 78.1 Å². The van der Waals surface area contributed by atoms with Crippen molar-refractivity contribution in [2.24, 2.45) is 11.8 Å². The van der Waals surface area contributed by atoms with Gasteiger partial charge in [-0.05, 0) is 48.6 Å². The van der Waals surface area contributed by atoms with Crippen LogP contribution in [0.3, 0.4) is 0 Å². The van der Waals surface area contributed by atoms with E-state index in [2.05, 4.69) is 29.4 Å². The highest BCUT2D eigenvalue weighted by Crippen LogP contribution is 2.27. The van der Waals surface area contributed by atoms with Crippen molar-refractivity contribution in [1.82, 2.24) is 25.3 Å². The summed E-state index contributed by atoms with van der Waals surface area (Å²) in [6.45, 7) is 10.1. The first-order valence-corrected chi connectivity index (χ1v) is 16.2. The summed E-state index contributed by atoms with van der Waals surface area (Å²) in [6, 6.07) is 18.2. The van der Waals surface area contributed by atoms with Crippen LogP contribution >= 0.6 is 0 Å². The van der Waals surface area contributed by atoms with Crippen LogP contribution in [0.2, 0.25) is 0 Å². The topological polar surface area (TPSA) is 111 Å². The van der Waals surface area contributed by atoms with E-state index in [1.54, 1.807) is 4.90 Å². The van der Waals surface area contributed by atoms with Gasteiger partial charge in [0.05, 0.1) is 12.7 Å². The Morgan fingerprint density at radius 2 is 1.62 bits per heavy atom. The molecule has 0 bridgehead atoms. The lowest BCUT2D eigenvalue weighted by Gasteiger charge is -2.34. The van der Waals surface area contributed by atoms with Gasteiger partial charge in [-0.25, -0.2) is 4.79 Å². The number of hydrogen-bond acceptors (Lipinski definition) is 6. The predicted octanol–water partition coefficient (Wildman–Crippen LogP) is 3.80. The van der Waals surface area contributed by atoms with Crippen LogP contribution in [0.1, 0.15) is 58.1 Å². The molecule has 0 aromatic heterocycles. The third-order valence-electron chi connectivity index (χ3n) is 8.52. The minimum Gasteiger partial charge on any atom is -0.445 e. The number of nitrogens with zero attached hydrogens (tertiary/aromatic N) is 3. The first-order valence-electron chi connectivity index (χ1n) is 16.2. The Kier molecular flexibility index (Phi) is 12.4. The Morgan fingerprint density at radius 3 is 2.27 bits per heavy atom. The Bertz CT molecular complexity index is 1270. The molecule has 45 heavy (non-hydrogen) atoms. The van der Waals surface area contributed by atoms with E-state index in [1.165, 1.54) is 0 Å². The molecule has 2 aliphatic heterocycles. The molecule has 4 rings (SSSR count). The number of likely N-dealkylation sites (tertiary alicyclic amines) is 1. The number of carbonyl (C=O) groups is 4. The second kappa shape index (κ2) is 16.4. The summed E-state index contributed by atoms with van der Waals surface area (Å²) >= 11 is 0. The quantitative estimate of drug-likeness (QED) is 0.333. The summed E-state index contributed by atoms with van der Waals surface area (Å²) in [5.74, 6) is -0.197. The van der Waals surface area contributed by atoms with Gasteiger partial charge in [0.1, 0.15) is 19.2 Å². The van der Waals surface area contributed by atoms with E-state index in [0.717, 1.165) is 30.4 Å². The number of rotatable bonds is 14. The molecule has 2 heterocycles. The van der Waals surface area contributed by atoms with Crippen LogP contribution in [-0.2, 0) is 32.1 Å². The maximum atomic E-state index is 13.8. The number of amides is 4. The normalized spacial score (nSPS) is 19.3. The lowest BCUT2D eigenvalue weighted by Crippen LogP contribution is -2.54. The largest absolute Gasteiger partial charge is 0.445 e. The summed E-state index contributed by atoms with van der Waals surface area (Å²) < 4.78 is 5.40. The number of nitrogens with one attached hydrogen (secondary N) is 2. The molecule has 10 heteroatoms. The van der Waals surface area contributed by atoms with Crippen molar-refractivity contribution in [3.05, 3.63) is 71.8 Å². The van der Waals surface area contributed by atoms with Gasteiger partial charge in [0, 0.05) is 25.7 Å². The second-order valence-electron chi connectivity index (χ2n) is 12.9. The highest BCUT2D eigenvalue weighted by atomic mass is 16.5. The van der Waals surface area contributed by atoms with Crippen LogP contribution < -0.4 is 10.6 Å². The van der Waals surface area contributed by atoms with Gasteiger partial charge < -0.3 is 25.2 Å². The van der Waals surface area contributed by atoms with Gasteiger partial charge in [-0.15, -0.1) is 0 Å². The summed E-state index contributed by atoms with van der Waals surface area (Å²) in [7, 11) is 0. The van der Waals surface area contributed by atoms with Crippen molar-refractivity contribution in [1.29, 1.82) is 0 Å². The molecular weight excluding hydrogens is 570 g/mol. The molecule has 0 saturated carbocycles. The molecule has 2 aromatic rings. The highest BCUT2D eigenvalue weighted by Gasteiger charge is 2.43. The average molecular weight is 620 g/mol. The fourth-order valence-electron chi connectivity index (χ4n) is 6.15. The zero-order chi connectivity index (χ0) is 32.3. The summed E-state index contributed by atoms with van der Waals surface area (Å²) in [5.41, 5.74) is 2.02. The third-order valence-corrected chi connectivity index (χ3v) is 8.52. The Labute approximate surface area is 267 Å². The Morgan fingerprint density at radius 1 is 0.956 bits per heavy atom. The lowest BCUT2D eigenvalue weighted by molar-refractivity contribution is -0.135. The van der Waals surface area contributed by atoms with Crippen LogP contribution in [0, 0.1) is 11.8 Å². The molecule has 2 saturated heterocycles. The van der Waals surface area contributed by atoms with E-state index in [0.29, 0.717) is 38.6 Å². The van der Waals surface area contributed by atoms with E-state index in [9.17, 15) is 19.2 Å². The molecule has 0 radical (unpaired) electrons. The minimum absolute atomic E-state index is 0.0104. The standard InChI is InChI=1S/C35H49N5O5/c1-25(2)20-30-33(42)39(22-31(41)36-18-17-27-12-7-5-8-13-27)24-38(30)21-29-16-11-19-40(29)34(43)32(26(3)4)37-35(44)45-23-28-14-9-6-10-15-28/h5-10,12-15,25-26,29-30,32H,11,16-24H2,1-4H3,(H,36,41)(H,37,44)/t29-,30+,32+/m0/s1. The molecule has 10 nitrogen and oxygen atoms in total. The summed E-state index contributed by atoms with van der Waals surface area (Å²) in [6.07, 6.45) is 2.44. The number of alkyl carbamates (subject to hydrolysis) is 1. The SMILES string of the molecule is CC(C)C[C@@H]1C(=O)N(CC(=O)NCCc2ccccc2)CN1C[C@@H]1CCCN1C(=O)[C@H](NC(=O)OCc1ccccc1)C(C)C.